The Morgan fingerprint density at radius 2 is 2.33 bits per heavy atom. The summed E-state index contributed by atoms with van der Waals surface area (Å²) in [7, 11) is 0. The molecule has 0 aromatic carbocycles. The summed E-state index contributed by atoms with van der Waals surface area (Å²) in [4.78, 5) is 32.3. The number of aromatic nitrogens is 2. The first-order chi connectivity index (χ1) is 10.0. The van der Waals surface area contributed by atoms with Gasteiger partial charge in [0, 0.05) is 12.8 Å². The van der Waals surface area contributed by atoms with Gasteiger partial charge in [0.05, 0.1) is 24.3 Å². The van der Waals surface area contributed by atoms with E-state index in [2.05, 4.69) is 16.9 Å². The number of aliphatic carboxylic acids is 1. The molecule has 2 atom stereocenters. The molecule has 7 heteroatoms. The molecule has 0 bridgehead atoms. The SMILES string of the molecule is CC(CCN)CCC(=O)N1Cc2[nH]cnc2CC1C(=O)O. The summed E-state index contributed by atoms with van der Waals surface area (Å²) in [5.41, 5.74) is 7.07. The molecule has 0 radical (unpaired) electrons. The second kappa shape index (κ2) is 6.71. The minimum Gasteiger partial charge on any atom is -0.480 e. The highest BCUT2D eigenvalue weighted by atomic mass is 16.4. The molecule has 7 nitrogen and oxygen atoms in total. The van der Waals surface area contributed by atoms with Crippen LogP contribution in [-0.4, -0.2) is 44.4 Å². The van der Waals surface area contributed by atoms with Crippen LogP contribution in [-0.2, 0) is 22.6 Å². The highest BCUT2D eigenvalue weighted by molar-refractivity contribution is 5.84. The van der Waals surface area contributed by atoms with Gasteiger partial charge in [0.2, 0.25) is 5.91 Å². The Bertz CT molecular complexity index is 514. The van der Waals surface area contributed by atoms with Gasteiger partial charge in [-0.2, -0.15) is 0 Å². The predicted octanol–water partition coefficient (Wildman–Crippen LogP) is 0.513. The number of rotatable bonds is 6. The van der Waals surface area contributed by atoms with Crippen molar-refractivity contribution in [2.75, 3.05) is 6.54 Å². The topological polar surface area (TPSA) is 112 Å². The summed E-state index contributed by atoms with van der Waals surface area (Å²) in [6, 6.07) is -0.821. The van der Waals surface area contributed by atoms with Crippen LogP contribution in [0.1, 0.15) is 37.6 Å². The number of aromatic amines is 1. The normalized spacial score (nSPS) is 19.1. The average molecular weight is 294 g/mol. The van der Waals surface area contributed by atoms with Crippen LogP contribution < -0.4 is 5.73 Å². The maximum Gasteiger partial charge on any atom is 0.326 e. The number of imidazole rings is 1. The number of carbonyl (C=O) groups excluding carboxylic acids is 1. The largest absolute Gasteiger partial charge is 0.480 e. The number of hydrogen-bond donors (Lipinski definition) is 3. The van der Waals surface area contributed by atoms with E-state index >= 15 is 0 Å². The molecular weight excluding hydrogens is 272 g/mol. The number of nitrogens with two attached hydrogens (primary N) is 1. The van der Waals surface area contributed by atoms with E-state index in [0.717, 1.165) is 24.2 Å². The van der Waals surface area contributed by atoms with Crippen LogP contribution in [0.5, 0.6) is 0 Å². The highest BCUT2D eigenvalue weighted by Crippen LogP contribution is 2.22. The van der Waals surface area contributed by atoms with Crippen LogP contribution in [0, 0.1) is 5.92 Å². The summed E-state index contributed by atoms with van der Waals surface area (Å²) in [6.07, 6.45) is 3.77. The standard InChI is InChI=1S/C14H22N4O3/c1-9(4-5-15)2-3-13(19)18-7-11-10(16-8-17-11)6-12(18)14(20)21/h8-9,12H,2-7,15H2,1H3,(H,16,17)(H,20,21). The molecule has 1 aromatic heterocycles. The summed E-state index contributed by atoms with van der Waals surface area (Å²) in [6.45, 7) is 2.95. The number of carboxylic acid groups (broad SMARTS) is 1. The lowest BCUT2D eigenvalue weighted by Crippen LogP contribution is -2.48. The van der Waals surface area contributed by atoms with Gasteiger partial charge >= 0.3 is 5.97 Å². The van der Waals surface area contributed by atoms with E-state index in [1.54, 1.807) is 6.33 Å². The van der Waals surface area contributed by atoms with E-state index in [0.29, 0.717) is 18.9 Å². The monoisotopic (exact) mass is 294 g/mol. The van der Waals surface area contributed by atoms with E-state index in [9.17, 15) is 14.7 Å². The van der Waals surface area contributed by atoms with Gasteiger partial charge in [-0.1, -0.05) is 6.92 Å². The van der Waals surface area contributed by atoms with Crippen molar-refractivity contribution in [1.82, 2.24) is 14.9 Å². The van der Waals surface area contributed by atoms with Crippen molar-refractivity contribution in [3.05, 3.63) is 17.7 Å². The molecule has 0 spiro atoms. The van der Waals surface area contributed by atoms with Crippen LogP contribution >= 0.6 is 0 Å². The summed E-state index contributed by atoms with van der Waals surface area (Å²) in [5, 5.41) is 9.33. The second-order valence-corrected chi connectivity index (χ2v) is 5.63. The summed E-state index contributed by atoms with van der Waals surface area (Å²) < 4.78 is 0. The lowest BCUT2D eigenvalue weighted by Gasteiger charge is -2.32. The number of nitrogens with one attached hydrogen (secondary N) is 1. The average Bonchev–Trinajstić information content (AvgIpc) is 2.90. The number of carbonyl (C=O) groups is 2. The molecule has 1 amide bonds. The Morgan fingerprint density at radius 3 is 3.00 bits per heavy atom. The van der Waals surface area contributed by atoms with Gasteiger partial charge in [0.1, 0.15) is 6.04 Å². The van der Waals surface area contributed by atoms with Gasteiger partial charge in [-0.25, -0.2) is 9.78 Å². The third-order valence-corrected chi connectivity index (χ3v) is 4.01. The van der Waals surface area contributed by atoms with Crippen LogP contribution in [0.15, 0.2) is 6.33 Å². The van der Waals surface area contributed by atoms with Crippen LogP contribution in [0.3, 0.4) is 0 Å². The highest BCUT2D eigenvalue weighted by Gasteiger charge is 2.35. The quantitative estimate of drug-likeness (QED) is 0.707. The number of fused-ring (bicyclic) bond motifs is 1. The van der Waals surface area contributed by atoms with E-state index in [-0.39, 0.29) is 18.9 Å². The van der Waals surface area contributed by atoms with Crippen molar-refractivity contribution < 1.29 is 14.7 Å². The van der Waals surface area contributed by atoms with E-state index in [4.69, 9.17) is 5.73 Å². The van der Waals surface area contributed by atoms with Gasteiger partial charge in [-0.05, 0) is 25.3 Å². The molecule has 0 saturated carbocycles. The zero-order valence-electron chi connectivity index (χ0n) is 12.2. The smallest absolute Gasteiger partial charge is 0.326 e. The first kappa shape index (κ1) is 15.5. The molecular formula is C14H22N4O3. The van der Waals surface area contributed by atoms with E-state index in [1.807, 2.05) is 0 Å². The molecule has 21 heavy (non-hydrogen) atoms. The molecule has 0 aliphatic carbocycles. The zero-order chi connectivity index (χ0) is 15.4. The molecule has 0 fully saturated rings. The zero-order valence-corrected chi connectivity index (χ0v) is 12.2. The first-order valence-corrected chi connectivity index (χ1v) is 7.26. The fourth-order valence-electron chi connectivity index (χ4n) is 2.66. The van der Waals surface area contributed by atoms with Crippen molar-refractivity contribution in [2.45, 2.75) is 45.2 Å². The maximum atomic E-state index is 12.4. The molecule has 116 valence electrons. The molecule has 1 aliphatic rings. The van der Waals surface area contributed by atoms with Gasteiger partial charge in [0.25, 0.3) is 0 Å². The molecule has 1 aliphatic heterocycles. The molecule has 4 N–H and O–H groups in total. The van der Waals surface area contributed by atoms with E-state index in [1.165, 1.54) is 4.90 Å². The minimum absolute atomic E-state index is 0.119. The van der Waals surface area contributed by atoms with E-state index < -0.39 is 12.0 Å². The number of nitrogens with zero attached hydrogens (tertiary/aromatic N) is 2. The fourth-order valence-corrected chi connectivity index (χ4v) is 2.66. The van der Waals surface area contributed by atoms with Crippen molar-refractivity contribution in [2.24, 2.45) is 11.7 Å². The fraction of sp³-hybridized carbons (Fsp3) is 0.643. The molecule has 2 rings (SSSR count). The van der Waals surface area contributed by atoms with Crippen molar-refractivity contribution in [3.8, 4) is 0 Å². The Hall–Kier alpha value is -1.89. The van der Waals surface area contributed by atoms with Crippen molar-refractivity contribution in [1.29, 1.82) is 0 Å². The molecule has 1 aromatic rings. The van der Waals surface area contributed by atoms with Gasteiger partial charge in [0.15, 0.2) is 0 Å². The summed E-state index contributed by atoms with van der Waals surface area (Å²) in [5.74, 6) is -0.728. The Morgan fingerprint density at radius 1 is 1.57 bits per heavy atom. The number of H-pyrrole nitrogens is 1. The second-order valence-electron chi connectivity index (χ2n) is 5.63. The predicted molar refractivity (Wildman–Crippen MR) is 76.3 cm³/mol. The molecule has 0 saturated heterocycles. The van der Waals surface area contributed by atoms with Gasteiger partial charge in [-0.15, -0.1) is 0 Å². The maximum absolute atomic E-state index is 12.4. The van der Waals surface area contributed by atoms with Gasteiger partial charge < -0.3 is 20.7 Å². The summed E-state index contributed by atoms with van der Waals surface area (Å²) >= 11 is 0. The number of carboxylic acids is 1. The molecule has 2 heterocycles. The molecule has 2 unspecified atom stereocenters. The third kappa shape index (κ3) is 3.60. The van der Waals surface area contributed by atoms with Crippen LogP contribution in [0.4, 0.5) is 0 Å². The van der Waals surface area contributed by atoms with Crippen LogP contribution in [0.2, 0.25) is 0 Å². The Balaban J connectivity index is 2.02. The first-order valence-electron chi connectivity index (χ1n) is 7.26. The van der Waals surface area contributed by atoms with Crippen molar-refractivity contribution >= 4 is 11.9 Å². The Kier molecular flexibility index (Phi) is 4.95. The minimum atomic E-state index is -0.980. The Labute approximate surface area is 123 Å². The lowest BCUT2D eigenvalue weighted by molar-refractivity contribution is -0.151. The van der Waals surface area contributed by atoms with Crippen LogP contribution in [0.25, 0.3) is 0 Å². The lowest BCUT2D eigenvalue weighted by atomic mass is 9.99. The number of hydrogen-bond acceptors (Lipinski definition) is 4. The number of amides is 1. The van der Waals surface area contributed by atoms with Crippen molar-refractivity contribution in [3.63, 3.8) is 0 Å². The third-order valence-electron chi connectivity index (χ3n) is 4.01. The van der Waals surface area contributed by atoms with Gasteiger partial charge in [-0.3, -0.25) is 4.79 Å².